The van der Waals surface area contributed by atoms with Gasteiger partial charge in [-0.1, -0.05) is 18.6 Å². The SMILES string of the molecule is CCN(CCO)C[C@@H]1C(=O)O[C@H]2[C@H]1CC/C(C)=C/CC[C@@]1(C)O[C@H]21. The average molecular weight is 337 g/mol. The molecule has 0 aromatic carbocycles. The summed E-state index contributed by atoms with van der Waals surface area (Å²) in [4.78, 5) is 14.7. The van der Waals surface area contributed by atoms with Crippen LogP contribution in [0.3, 0.4) is 0 Å². The van der Waals surface area contributed by atoms with Gasteiger partial charge in [-0.3, -0.25) is 4.79 Å². The summed E-state index contributed by atoms with van der Waals surface area (Å²) in [5.74, 6) is 0.0146. The van der Waals surface area contributed by atoms with Gasteiger partial charge in [-0.05, 0) is 46.1 Å². The summed E-state index contributed by atoms with van der Waals surface area (Å²) in [6, 6.07) is 0. The Kier molecular flexibility index (Phi) is 5.33. The lowest BCUT2D eigenvalue weighted by atomic mass is 9.80. The van der Waals surface area contributed by atoms with E-state index >= 15 is 0 Å². The van der Waals surface area contributed by atoms with Crippen LogP contribution in [0.5, 0.6) is 0 Å². The first-order valence-corrected chi connectivity index (χ1v) is 9.35. The molecule has 0 unspecified atom stereocenters. The van der Waals surface area contributed by atoms with Crippen molar-refractivity contribution in [2.75, 3.05) is 26.2 Å². The highest BCUT2D eigenvalue weighted by Crippen LogP contribution is 2.50. The highest BCUT2D eigenvalue weighted by atomic mass is 16.6. The number of esters is 1. The molecule has 3 aliphatic rings. The van der Waals surface area contributed by atoms with Crippen LogP contribution in [-0.2, 0) is 14.3 Å². The number of carbonyl (C=O) groups is 1. The van der Waals surface area contributed by atoms with E-state index in [1.807, 2.05) is 0 Å². The van der Waals surface area contributed by atoms with Gasteiger partial charge < -0.3 is 19.5 Å². The summed E-state index contributed by atoms with van der Waals surface area (Å²) in [7, 11) is 0. The number of allylic oxidation sites excluding steroid dienone is 2. The molecule has 2 saturated heterocycles. The van der Waals surface area contributed by atoms with E-state index in [4.69, 9.17) is 9.47 Å². The van der Waals surface area contributed by atoms with Gasteiger partial charge in [0.2, 0.25) is 0 Å². The van der Waals surface area contributed by atoms with Crippen molar-refractivity contribution in [1.29, 1.82) is 0 Å². The van der Waals surface area contributed by atoms with Gasteiger partial charge in [-0.15, -0.1) is 0 Å². The summed E-state index contributed by atoms with van der Waals surface area (Å²) >= 11 is 0. The monoisotopic (exact) mass is 337 g/mol. The minimum absolute atomic E-state index is 0.0520. The first-order chi connectivity index (χ1) is 11.5. The lowest BCUT2D eigenvalue weighted by molar-refractivity contribution is -0.145. The predicted molar refractivity (Wildman–Crippen MR) is 91.6 cm³/mol. The van der Waals surface area contributed by atoms with E-state index in [0.717, 1.165) is 32.2 Å². The molecule has 5 atom stereocenters. The first kappa shape index (κ1) is 17.9. The fourth-order valence-corrected chi connectivity index (χ4v) is 4.35. The van der Waals surface area contributed by atoms with Crippen LogP contribution in [0, 0.1) is 11.8 Å². The Hall–Kier alpha value is -0.910. The predicted octanol–water partition coefficient (Wildman–Crippen LogP) is 2.14. The Morgan fingerprint density at radius 3 is 2.96 bits per heavy atom. The molecule has 136 valence electrons. The van der Waals surface area contributed by atoms with Crippen molar-refractivity contribution in [1.82, 2.24) is 4.90 Å². The van der Waals surface area contributed by atoms with E-state index in [1.165, 1.54) is 5.57 Å². The number of aliphatic hydroxyl groups excluding tert-OH is 1. The standard InChI is InChI=1S/C19H31NO4/c1-4-20(10-11-21)12-15-14-8-7-13(2)6-5-9-19(3)17(24-19)16(14)23-18(15)22/h6,14-17,21H,4-5,7-12H2,1-3H3/b13-6+/t14-,15-,16-,17+,19+/m0/s1. The number of likely N-dealkylation sites (N-methyl/N-ethyl adjacent to an activating group) is 1. The quantitative estimate of drug-likeness (QED) is 0.473. The van der Waals surface area contributed by atoms with Gasteiger partial charge in [0, 0.05) is 19.0 Å². The number of epoxide rings is 1. The molecule has 0 radical (unpaired) electrons. The number of hydrogen-bond acceptors (Lipinski definition) is 5. The van der Waals surface area contributed by atoms with E-state index in [-0.39, 0.29) is 42.2 Å². The summed E-state index contributed by atoms with van der Waals surface area (Å²) in [5, 5.41) is 9.22. The second-order valence-electron chi connectivity index (χ2n) is 7.77. The highest BCUT2D eigenvalue weighted by molar-refractivity contribution is 5.75. The minimum Gasteiger partial charge on any atom is -0.459 e. The Morgan fingerprint density at radius 1 is 1.46 bits per heavy atom. The Labute approximate surface area is 145 Å². The molecule has 0 aromatic heterocycles. The van der Waals surface area contributed by atoms with E-state index in [2.05, 4.69) is 31.7 Å². The van der Waals surface area contributed by atoms with Crippen LogP contribution < -0.4 is 0 Å². The maximum Gasteiger partial charge on any atom is 0.311 e. The second kappa shape index (κ2) is 7.14. The maximum absolute atomic E-state index is 12.6. The topological polar surface area (TPSA) is 62.3 Å². The molecule has 1 N–H and O–H groups in total. The Morgan fingerprint density at radius 2 is 2.25 bits per heavy atom. The van der Waals surface area contributed by atoms with Gasteiger partial charge >= 0.3 is 5.97 Å². The van der Waals surface area contributed by atoms with Gasteiger partial charge in [0.1, 0.15) is 12.2 Å². The third-order valence-corrected chi connectivity index (χ3v) is 6.06. The first-order valence-electron chi connectivity index (χ1n) is 9.35. The van der Waals surface area contributed by atoms with Gasteiger partial charge in [0.15, 0.2) is 0 Å². The number of ether oxygens (including phenoxy) is 2. The van der Waals surface area contributed by atoms with Crippen LogP contribution in [-0.4, -0.2) is 60.0 Å². The smallest absolute Gasteiger partial charge is 0.311 e. The normalized spacial score (nSPS) is 41.2. The van der Waals surface area contributed by atoms with Crippen molar-refractivity contribution >= 4 is 5.97 Å². The zero-order chi connectivity index (χ0) is 17.3. The largest absolute Gasteiger partial charge is 0.459 e. The molecular weight excluding hydrogens is 306 g/mol. The third kappa shape index (κ3) is 3.53. The van der Waals surface area contributed by atoms with Crippen LogP contribution >= 0.6 is 0 Å². The van der Waals surface area contributed by atoms with E-state index < -0.39 is 0 Å². The number of hydrogen-bond donors (Lipinski definition) is 1. The molecule has 3 rings (SSSR count). The van der Waals surface area contributed by atoms with Crippen LogP contribution in [0.15, 0.2) is 11.6 Å². The van der Waals surface area contributed by atoms with Crippen molar-refractivity contribution in [2.45, 2.75) is 64.3 Å². The summed E-state index contributed by atoms with van der Waals surface area (Å²) in [5.41, 5.74) is 1.26. The molecule has 0 aromatic rings. The van der Waals surface area contributed by atoms with Crippen molar-refractivity contribution in [2.24, 2.45) is 11.8 Å². The second-order valence-corrected chi connectivity index (χ2v) is 7.77. The van der Waals surface area contributed by atoms with Gasteiger partial charge in [-0.25, -0.2) is 0 Å². The highest BCUT2D eigenvalue weighted by Gasteiger charge is 2.62. The summed E-state index contributed by atoms with van der Waals surface area (Å²) in [6.45, 7) is 8.62. The molecule has 5 nitrogen and oxygen atoms in total. The van der Waals surface area contributed by atoms with Gasteiger partial charge in [-0.2, -0.15) is 0 Å². The fraction of sp³-hybridized carbons (Fsp3) is 0.842. The molecule has 0 amide bonds. The van der Waals surface area contributed by atoms with Gasteiger partial charge in [0.05, 0.1) is 18.1 Å². The molecule has 0 saturated carbocycles. The van der Waals surface area contributed by atoms with E-state index in [1.54, 1.807) is 0 Å². The lowest BCUT2D eigenvalue weighted by Crippen LogP contribution is -2.37. The van der Waals surface area contributed by atoms with Crippen molar-refractivity contribution in [3.05, 3.63) is 11.6 Å². The molecule has 0 bridgehead atoms. The van der Waals surface area contributed by atoms with Crippen LogP contribution in [0.1, 0.15) is 46.5 Å². The zero-order valence-corrected chi connectivity index (χ0v) is 15.2. The number of fused-ring (bicyclic) bond motifs is 3. The third-order valence-electron chi connectivity index (χ3n) is 6.06. The van der Waals surface area contributed by atoms with E-state index in [0.29, 0.717) is 13.1 Å². The maximum atomic E-state index is 12.6. The molecule has 5 heteroatoms. The zero-order valence-electron chi connectivity index (χ0n) is 15.2. The molecular formula is C19H31NO4. The van der Waals surface area contributed by atoms with Crippen LogP contribution in [0.2, 0.25) is 0 Å². The average Bonchev–Trinajstić information content (AvgIpc) is 3.12. The number of carbonyl (C=O) groups excluding carboxylic acids is 1. The fourth-order valence-electron chi connectivity index (χ4n) is 4.35. The Bertz CT molecular complexity index is 506. The van der Waals surface area contributed by atoms with Gasteiger partial charge in [0.25, 0.3) is 0 Å². The Balaban J connectivity index is 1.78. The number of nitrogens with zero attached hydrogens (tertiary/aromatic N) is 1. The summed E-state index contributed by atoms with van der Waals surface area (Å²) in [6.07, 6.45) is 6.28. The molecule has 2 heterocycles. The lowest BCUT2D eigenvalue weighted by Gasteiger charge is -2.26. The van der Waals surface area contributed by atoms with Crippen LogP contribution in [0.4, 0.5) is 0 Å². The minimum atomic E-state index is -0.137. The van der Waals surface area contributed by atoms with E-state index in [9.17, 15) is 9.90 Å². The van der Waals surface area contributed by atoms with Crippen molar-refractivity contribution < 1.29 is 19.4 Å². The van der Waals surface area contributed by atoms with Crippen molar-refractivity contribution in [3.63, 3.8) is 0 Å². The molecule has 0 spiro atoms. The molecule has 24 heavy (non-hydrogen) atoms. The molecule has 2 fully saturated rings. The molecule has 2 aliphatic heterocycles. The number of aliphatic hydroxyl groups is 1. The van der Waals surface area contributed by atoms with Crippen LogP contribution in [0.25, 0.3) is 0 Å². The molecule has 1 aliphatic carbocycles. The van der Waals surface area contributed by atoms with Crippen molar-refractivity contribution in [3.8, 4) is 0 Å². The summed E-state index contributed by atoms with van der Waals surface area (Å²) < 4.78 is 11.8. The number of rotatable bonds is 5.